The third-order valence-corrected chi connectivity index (χ3v) is 14.0. The molecule has 0 bridgehead atoms. The maximum absolute atomic E-state index is 11.9. The standard InChI is InChI=1S/C34H54O4/c1-21(2)24-12-17-34(20-37-22(3)35)19-18-32(8)25(29(24)34)10-11-27-31(7)15-14-28(38-23(4)36)30(5,6)26(31)13-16-33(27,32)9/h24-29H,1,10-20H2,2-9H3/t24-,25+,26+,27-,28+,29+,31-,32+,33+,34+/m1/s1. The van der Waals surface area contributed by atoms with Gasteiger partial charge in [-0.1, -0.05) is 46.8 Å². The maximum atomic E-state index is 11.9. The molecule has 5 rings (SSSR count). The number of hydrogen-bond donors (Lipinski definition) is 0. The van der Waals surface area contributed by atoms with Crippen LogP contribution < -0.4 is 0 Å². The lowest BCUT2D eigenvalue weighted by molar-refractivity contribution is -0.252. The number of esters is 2. The van der Waals surface area contributed by atoms with Gasteiger partial charge in [-0.25, -0.2) is 0 Å². The van der Waals surface area contributed by atoms with Crippen molar-refractivity contribution in [3.05, 3.63) is 12.2 Å². The number of carbonyl (C=O) groups excluding carboxylic acids is 2. The molecule has 0 aromatic carbocycles. The molecule has 0 amide bonds. The smallest absolute Gasteiger partial charge is 0.302 e. The molecule has 0 saturated heterocycles. The zero-order chi connectivity index (χ0) is 27.9. The van der Waals surface area contributed by atoms with E-state index in [9.17, 15) is 9.59 Å². The molecule has 214 valence electrons. The molecule has 0 spiro atoms. The van der Waals surface area contributed by atoms with Crippen molar-refractivity contribution >= 4 is 11.9 Å². The van der Waals surface area contributed by atoms with Gasteiger partial charge in [-0.3, -0.25) is 9.59 Å². The first kappa shape index (κ1) is 28.2. The van der Waals surface area contributed by atoms with Crippen LogP contribution >= 0.6 is 0 Å². The molecule has 10 atom stereocenters. The van der Waals surface area contributed by atoms with Crippen molar-refractivity contribution in [3.63, 3.8) is 0 Å². The van der Waals surface area contributed by atoms with Crippen LogP contribution in [0.2, 0.25) is 0 Å². The van der Waals surface area contributed by atoms with E-state index in [0.717, 1.165) is 12.8 Å². The van der Waals surface area contributed by atoms with Crippen molar-refractivity contribution in [2.24, 2.45) is 56.7 Å². The Balaban J connectivity index is 1.49. The van der Waals surface area contributed by atoms with Crippen molar-refractivity contribution in [3.8, 4) is 0 Å². The minimum Gasteiger partial charge on any atom is -0.465 e. The fourth-order valence-corrected chi connectivity index (χ4v) is 12.2. The third-order valence-electron chi connectivity index (χ3n) is 14.0. The summed E-state index contributed by atoms with van der Waals surface area (Å²) in [5.41, 5.74) is 2.30. The molecule has 0 unspecified atom stereocenters. The van der Waals surface area contributed by atoms with E-state index in [1.807, 2.05) is 0 Å². The average molecular weight is 527 g/mol. The van der Waals surface area contributed by atoms with Crippen LogP contribution in [0.15, 0.2) is 12.2 Å². The molecule has 0 N–H and O–H groups in total. The SMILES string of the molecule is C=C(C)[C@H]1CC[C@@]2(COC(C)=O)CC[C@@]3(C)[C@@H](CC[C@@H]4[C@]5(C)CC[C@H](OC(C)=O)C(C)(C)[C@@H]5CC[C@@]43C)[C@H]12. The first-order chi connectivity index (χ1) is 17.6. The quantitative estimate of drug-likeness (QED) is 0.274. The Morgan fingerprint density at radius 2 is 1.47 bits per heavy atom. The predicted molar refractivity (Wildman–Crippen MR) is 151 cm³/mol. The highest BCUT2D eigenvalue weighted by Gasteiger charge is 2.71. The van der Waals surface area contributed by atoms with E-state index < -0.39 is 0 Å². The van der Waals surface area contributed by atoms with Crippen LogP contribution in [0.4, 0.5) is 0 Å². The number of ether oxygens (including phenoxy) is 2. The van der Waals surface area contributed by atoms with Gasteiger partial charge in [-0.2, -0.15) is 0 Å². The largest absolute Gasteiger partial charge is 0.465 e. The topological polar surface area (TPSA) is 52.6 Å². The van der Waals surface area contributed by atoms with Gasteiger partial charge >= 0.3 is 11.9 Å². The summed E-state index contributed by atoms with van der Waals surface area (Å²) in [6, 6.07) is 0. The maximum Gasteiger partial charge on any atom is 0.302 e. The van der Waals surface area contributed by atoms with Crippen LogP contribution in [-0.4, -0.2) is 24.6 Å². The van der Waals surface area contributed by atoms with Crippen LogP contribution in [0.25, 0.3) is 0 Å². The third kappa shape index (κ3) is 3.80. The van der Waals surface area contributed by atoms with Gasteiger partial charge in [0.15, 0.2) is 0 Å². The summed E-state index contributed by atoms with van der Waals surface area (Å²) in [5.74, 6) is 2.76. The molecule has 0 radical (unpaired) electrons. The Morgan fingerprint density at radius 1 is 0.763 bits per heavy atom. The van der Waals surface area contributed by atoms with Crippen LogP contribution in [0.1, 0.15) is 120 Å². The Morgan fingerprint density at radius 3 is 2.11 bits per heavy atom. The fourth-order valence-electron chi connectivity index (χ4n) is 12.2. The van der Waals surface area contributed by atoms with E-state index in [2.05, 4.69) is 48.1 Å². The second kappa shape index (κ2) is 9.10. The minimum absolute atomic E-state index is 0.00000109. The fraction of sp³-hybridized carbons (Fsp3) is 0.882. The van der Waals surface area contributed by atoms with Gasteiger partial charge in [0.05, 0.1) is 6.61 Å². The molecule has 5 fully saturated rings. The lowest BCUT2D eigenvalue weighted by Crippen LogP contribution is -2.67. The Kier molecular flexibility index (Phi) is 6.76. The van der Waals surface area contributed by atoms with E-state index in [1.54, 1.807) is 13.8 Å². The Hall–Kier alpha value is -1.32. The lowest BCUT2D eigenvalue weighted by atomic mass is 9.32. The summed E-state index contributed by atoms with van der Waals surface area (Å²) in [5, 5.41) is 0. The van der Waals surface area contributed by atoms with Crippen molar-refractivity contribution < 1.29 is 19.1 Å². The molecule has 38 heavy (non-hydrogen) atoms. The summed E-state index contributed by atoms with van der Waals surface area (Å²) < 4.78 is 11.7. The van der Waals surface area contributed by atoms with Crippen molar-refractivity contribution in [2.45, 2.75) is 126 Å². The molecule has 5 aliphatic rings. The summed E-state index contributed by atoms with van der Waals surface area (Å²) in [6.45, 7) is 23.1. The van der Waals surface area contributed by atoms with Gasteiger partial charge in [0.25, 0.3) is 0 Å². The molecule has 4 heteroatoms. The normalized spacial score (nSPS) is 49.1. The van der Waals surface area contributed by atoms with E-state index in [0.29, 0.717) is 41.6 Å². The molecule has 5 saturated carbocycles. The minimum atomic E-state index is -0.140. The van der Waals surface area contributed by atoms with Crippen molar-refractivity contribution in [1.82, 2.24) is 0 Å². The van der Waals surface area contributed by atoms with Gasteiger partial charge in [0, 0.05) is 24.7 Å². The first-order valence-electron chi connectivity index (χ1n) is 15.6. The van der Waals surface area contributed by atoms with E-state index in [1.165, 1.54) is 56.9 Å². The summed E-state index contributed by atoms with van der Waals surface area (Å²) in [4.78, 5) is 23.8. The van der Waals surface area contributed by atoms with Gasteiger partial charge < -0.3 is 9.47 Å². The number of fused-ring (bicyclic) bond motifs is 7. The van der Waals surface area contributed by atoms with E-state index in [4.69, 9.17) is 9.47 Å². The van der Waals surface area contributed by atoms with Crippen LogP contribution in [-0.2, 0) is 19.1 Å². The molecule has 0 heterocycles. The van der Waals surface area contributed by atoms with E-state index >= 15 is 0 Å². The van der Waals surface area contributed by atoms with Crippen molar-refractivity contribution in [2.75, 3.05) is 6.61 Å². The predicted octanol–water partition coefficient (Wildman–Crippen LogP) is 8.14. The van der Waals surface area contributed by atoms with Crippen LogP contribution in [0.5, 0.6) is 0 Å². The van der Waals surface area contributed by atoms with Crippen molar-refractivity contribution in [1.29, 1.82) is 0 Å². The zero-order valence-corrected chi connectivity index (χ0v) is 25.6. The number of allylic oxidation sites excluding steroid dienone is 1. The highest BCUT2D eigenvalue weighted by molar-refractivity contribution is 5.66. The van der Waals surface area contributed by atoms with Gasteiger partial charge in [-0.05, 0) is 117 Å². The molecular weight excluding hydrogens is 472 g/mol. The Bertz CT molecular complexity index is 998. The average Bonchev–Trinajstić information content (AvgIpc) is 3.20. The molecular formula is C34H54O4. The van der Waals surface area contributed by atoms with Crippen LogP contribution in [0.3, 0.4) is 0 Å². The monoisotopic (exact) mass is 526 g/mol. The molecule has 0 aromatic heterocycles. The zero-order valence-electron chi connectivity index (χ0n) is 25.6. The summed E-state index contributed by atoms with van der Waals surface area (Å²) >= 11 is 0. The highest BCUT2D eigenvalue weighted by Crippen LogP contribution is 2.77. The number of carbonyl (C=O) groups is 2. The Labute approximate surface area is 232 Å². The second-order valence-electron chi connectivity index (χ2n) is 15.8. The van der Waals surface area contributed by atoms with Crippen LogP contribution in [0, 0.1) is 56.7 Å². The summed E-state index contributed by atoms with van der Waals surface area (Å²) in [6.07, 6.45) is 12.0. The molecule has 5 aliphatic carbocycles. The molecule has 0 aliphatic heterocycles. The second-order valence-corrected chi connectivity index (χ2v) is 15.8. The highest BCUT2D eigenvalue weighted by atomic mass is 16.5. The molecule has 4 nitrogen and oxygen atoms in total. The van der Waals surface area contributed by atoms with Gasteiger partial charge in [-0.15, -0.1) is 0 Å². The van der Waals surface area contributed by atoms with E-state index in [-0.39, 0.29) is 39.7 Å². The number of hydrogen-bond acceptors (Lipinski definition) is 4. The molecule has 0 aromatic rings. The summed E-state index contributed by atoms with van der Waals surface area (Å²) in [7, 11) is 0. The lowest BCUT2D eigenvalue weighted by Gasteiger charge is -2.73. The van der Waals surface area contributed by atoms with Gasteiger partial charge in [0.1, 0.15) is 6.10 Å². The number of rotatable bonds is 4. The first-order valence-corrected chi connectivity index (χ1v) is 15.6. The van der Waals surface area contributed by atoms with Gasteiger partial charge in [0.2, 0.25) is 0 Å².